The van der Waals surface area contributed by atoms with Crippen LogP contribution in [0.15, 0.2) is 29.6 Å². The smallest absolute Gasteiger partial charge is 0.269 e. The van der Waals surface area contributed by atoms with Crippen molar-refractivity contribution in [2.45, 2.75) is 33.7 Å². The lowest BCUT2D eigenvalue weighted by Gasteiger charge is -2.18. The van der Waals surface area contributed by atoms with Crippen LogP contribution in [0.1, 0.15) is 47.7 Å². The quantitative estimate of drug-likeness (QED) is 0.480. The number of ether oxygens (including phenoxy) is 3. The van der Waals surface area contributed by atoms with Crippen LogP contribution in [0.5, 0.6) is 17.2 Å². The number of rotatable bonds is 10. The molecule has 0 bridgehead atoms. The van der Waals surface area contributed by atoms with E-state index >= 15 is 0 Å². The van der Waals surface area contributed by atoms with Crippen LogP contribution in [0.25, 0.3) is 0 Å². The van der Waals surface area contributed by atoms with E-state index in [0.29, 0.717) is 41.9 Å². The highest BCUT2D eigenvalue weighted by Gasteiger charge is 2.21. The van der Waals surface area contributed by atoms with Gasteiger partial charge in [-0.25, -0.2) is 0 Å². The summed E-state index contributed by atoms with van der Waals surface area (Å²) in [5.74, 6) is -0.365. The van der Waals surface area contributed by atoms with Crippen LogP contribution >= 0.6 is 11.3 Å². The Morgan fingerprint density at radius 3 is 2.06 bits per heavy atom. The van der Waals surface area contributed by atoms with E-state index < -0.39 is 17.9 Å². The number of hydrazine groups is 1. The highest BCUT2D eigenvalue weighted by atomic mass is 32.1. The fourth-order valence-corrected chi connectivity index (χ4v) is 3.19. The Balaban J connectivity index is 2.06. The second-order valence-corrected chi connectivity index (χ2v) is 7.16. The molecule has 0 spiro atoms. The predicted octanol–water partition coefficient (Wildman–Crippen LogP) is 2.52. The number of carbonyl (C=O) groups is 3. The summed E-state index contributed by atoms with van der Waals surface area (Å²) in [5.41, 5.74) is 4.86. The molecule has 0 aliphatic rings. The lowest BCUT2D eigenvalue weighted by Crippen LogP contribution is -2.51. The fraction of sp³-hybridized carbons (Fsp3) is 0.381. The lowest BCUT2D eigenvalue weighted by atomic mass is 10.1. The zero-order valence-electron chi connectivity index (χ0n) is 17.9. The normalized spacial score (nSPS) is 11.2. The molecule has 168 valence electrons. The van der Waals surface area contributed by atoms with Crippen molar-refractivity contribution >= 4 is 29.1 Å². The SMILES string of the molecule is CCOc1cc(C(=O)NNC(=O)C(C)NC(=O)c2cccs2)cc(OCC)c1OCC. The predicted molar refractivity (Wildman–Crippen MR) is 117 cm³/mol. The van der Waals surface area contributed by atoms with Gasteiger partial charge in [-0.05, 0) is 51.3 Å². The van der Waals surface area contributed by atoms with E-state index in [9.17, 15) is 14.4 Å². The molecule has 1 unspecified atom stereocenters. The average Bonchev–Trinajstić information content (AvgIpc) is 3.29. The maximum absolute atomic E-state index is 12.6. The summed E-state index contributed by atoms with van der Waals surface area (Å²) in [6.45, 7) is 8.12. The third kappa shape index (κ3) is 6.61. The van der Waals surface area contributed by atoms with Crippen molar-refractivity contribution in [1.82, 2.24) is 16.2 Å². The lowest BCUT2D eigenvalue weighted by molar-refractivity contribution is -0.123. The maximum atomic E-state index is 12.6. The topological polar surface area (TPSA) is 115 Å². The highest BCUT2D eigenvalue weighted by molar-refractivity contribution is 7.12. The summed E-state index contributed by atoms with van der Waals surface area (Å²) in [6.07, 6.45) is 0. The Labute approximate surface area is 185 Å². The standard InChI is InChI=1S/C21H27N3O6S/c1-5-28-15-11-14(12-16(29-6-2)18(15)30-7-3)20(26)24-23-19(25)13(4)22-21(27)17-9-8-10-31-17/h8-13H,5-7H2,1-4H3,(H,22,27)(H,23,25)(H,24,26). The summed E-state index contributed by atoms with van der Waals surface area (Å²) in [7, 11) is 0. The molecule has 0 saturated heterocycles. The Bertz CT molecular complexity index is 874. The molecule has 0 aliphatic heterocycles. The first-order chi connectivity index (χ1) is 14.9. The largest absolute Gasteiger partial charge is 0.490 e. The Morgan fingerprint density at radius 2 is 1.55 bits per heavy atom. The first-order valence-corrected chi connectivity index (χ1v) is 10.8. The molecule has 9 nitrogen and oxygen atoms in total. The maximum Gasteiger partial charge on any atom is 0.269 e. The van der Waals surface area contributed by atoms with Crippen LogP contribution in [0, 0.1) is 0 Å². The molecule has 0 aliphatic carbocycles. The van der Waals surface area contributed by atoms with Crippen LogP contribution in [0.3, 0.4) is 0 Å². The molecule has 3 N–H and O–H groups in total. The van der Waals surface area contributed by atoms with Gasteiger partial charge in [0.25, 0.3) is 17.7 Å². The van der Waals surface area contributed by atoms with Crippen LogP contribution < -0.4 is 30.4 Å². The van der Waals surface area contributed by atoms with Gasteiger partial charge in [-0.1, -0.05) is 6.07 Å². The van der Waals surface area contributed by atoms with E-state index in [1.807, 2.05) is 20.8 Å². The van der Waals surface area contributed by atoms with Gasteiger partial charge in [0.2, 0.25) is 5.75 Å². The Kier molecular flexibility index (Phi) is 9.13. The van der Waals surface area contributed by atoms with E-state index in [0.717, 1.165) is 0 Å². The average molecular weight is 450 g/mol. The molecule has 10 heteroatoms. The van der Waals surface area contributed by atoms with Gasteiger partial charge in [-0.15, -0.1) is 11.3 Å². The molecular weight excluding hydrogens is 422 g/mol. The van der Waals surface area contributed by atoms with E-state index in [1.165, 1.54) is 30.4 Å². The number of benzene rings is 1. The van der Waals surface area contributed by atoms with Crippen LogP contribution in [-0.2, 0) is 4.79 Å². The molecule has 2 aromatic rings. The number of nitrogens with one attached hydrogen (secondary N) is 3. The molecule has 3 amide bonds. The Hall–Kier alpha value is -3.27. The number of hydrogen-bond donors (Lipinski definition) is 3. The number of amides is 3. The van der Waals surface area contributed by atoms with E-state index in [4.69, 9.17) is 14.2 Å². The van der Waals surface area contributed by atoms with Crippen molar-refractivity contribution in [3.63, 3.8) is 0 Å². The van der Waals surface area contributed by atoms with Crippen molar-refractivity contribution in [2.75, 3.05) is 19.8 Å². The fourth-order valence-electron chi connectivity index (χ4n) is 2.56. The van der Waals surface area contributed by atoms with Crippen molar-refractivity contribution in [3.8, 4) is 17.2 Å². The first-order valence-electron chi connectivity index (χ1n) is 9.92. The van der Waals surface area contributed by atoms with Gasteiger partial charge in [-0.3, -0.25) is 25.2 Å². The zero-order chi connectivity index (χ0) is 22.8. The molecule has 1 heterocycles. The van der Waals surface area contributed by atoms with Crippen LogP contribution in [0.2, 0.25) is 0 Å². The molecule has 31 heavy (non-hydrogen) atoms. The third-order valence-corrected chi connectivity index (χ3v) is 4.83. The third-order valence-electron chi connectivity index (χ3n) is 3.96. The molecule has 0 radical (unpaired) electrons. The summed E-state index contributed by atoms with van der Waals surface area (Å²) in [4.78, 5) is 37.4. The number of carbonyl (C=O) groups excluding carboxylic acids is 3. The minimum Gasteiger partial charge on any atom is -0.490 e. The van der Waals surface area contributed by atoms with Gasteiger partial charge in [0.1, 0.15) is 6.04 Å². The molecule has 1 aromatic carbocycles. The van der Waals surface area contributed by atoms with Crippen LogP contribution in [-0.4, -0.2) is 43.6 Å². The minimum atomic E-state index is -0.854. The van der Waals surface area contributed by atoms with Gasteiger partial charge in [0.15, 0.2) is 11.5 Å². The Morgan fingerprint density at radius 1 is 0.935 bits per heavy atom. The van der Waals surface area contributed by atoms with Crippen molar-refractivity contribution in [3.05, 3.63) is 40.1 Å². The van der Waals surface area contributed by atoms with Crippen molar-refractivity contribution < 1.29 is 28.6 Å². The van der Waals surface area contributed by atoms with Gasteiger partial charge in [-0.2, -0.15) is 0 Å². The molecule has 2 rings (SSSR count). The van der Waals surface area contributed by atoms with Gasteiger partial charge in [0, 0.05) is 5.56 Å². The molecule has 1 atom stereocenters. The molecule has 0 saturated carbocycles. The monoisotopic (exact) mass is 449 g/mol. The minimum absolute atomic E-state index is 0.214. The van der Waals surface area contributed by atoms with Gasteiger partial charge >= 0.3 is 0 Å². The van der Waals surface area contributed by atoms with Crippen molar-refractivity contribution in [2.24, 2.45) is 0 Å². The highest BCUT2D eigenvalue weighted by Crippen LogP contribution is 2.39. The van der Waals surface area contributed by atoms with Gasteiger partial charge < -0.3 is 19.5 Å². The summed E-state index contributed by atoms with van der Waals surface area (Å²) < 4.78 is 16.8. The van der Waals surface area contributed by atoms with E-state index in [2.05, 4.69) is 16.2 Å². The molecule has 1 aromatic heterocycles. The van der Waals surface area contributed by atoms with Crippen LogP contribution in [0.4, 0.5) is 0 Å². The second-order valence-electron chi connectivity index (χ2n) is 6.22. The first kappa shape index (κ1) is 24.0. The van der Waals surface area contributed by atoms with Gasteiger partial charge in [0.05, 0.1) is 24.7 Å². The number of hydrogen-bond acceptors (Lipinski definition) is 7. The van der Waals surface area contributed by atoms with E-state index in [-0.39, 0.29) is 11.5 Å². The summed E-state index contributed by atoms with van der Waals surface area (Å²) in [5, 5.41) is 4.34. The summed E-state index contributed by atoms with van der Waals surface area (Å²) in [6, 6.07) is 5.58. The second kappa shape index (κ2) is 11.8. The van der Waals surface area contributed by atoms with Crippen molar-refractivity contribution in [1.29, 1.82) is 0 Å². The molecule has 0 fully saturated rings. The zero-order valence-corrected chi connectivity index (χ0v) is 18.8. The number of thiophene rings is 1. The molecular formula is C21H27N3O6S. The summed E-state index contributed by atoms with van der Waals surface area (Å²) >= 11 is 1.27. The van der Waals surface area contributed by atoms with E-state index in [1.54, 1.807) is 17.5 Å².